The highest BCUT2D eigenvalue weighted by Crippen LogP contribution is 2.34. The van der Waals surface area contributed by atoms with E-state index in [0.717, 1.165) is 16.7 Å². The third-order valence-corrected chi connectivity index (χ3v) is 4.48. The molecular weight excluding hydrogens is 340 g/mol. The van der Waals surface area contributed by atoms with E-state index in [1.54, 1.807) is 24.3 Å². The number of carbonyl (C=O) groups is 3. The molecule has 3 rings (SSSR count). The molecule has 23 heavy (non-hydrogen) atoms. The number of rotatable bonds is 3. The molecule has 2 aliphatic heterocycles. The number of thiocarbonyl (C=S) groups is 1. The topological polar surface area (TPSA) is 95.9 Å². The third kappa shape index (κ3) is 3.20. The van der Waals surface area contributed by atoms with E-state index in [1.165, 1.54) is 0 Å². The molecule has 0 saturated carbocycles. The molecule has 1 aromatic carbocycles. The molecule has 0 bridgehead atoms. The summed E-state index contributed by atoms with van der Waals surface area (Å²) in [5.74, 6) is -1.26. The van der Waals surface area contributed by atoms with Crippen molar-refractivity contribution in [3.05, 3.63) is 28.7 Å². The average Bonchev–Trinajstić information content (AvgIpc) is 2.74. The highest BCUT2D eigenvalue weighted by Gasteiger charge is 2.33. The fourth-order valence-electron chi connectivity index (χ4n) is 2.11. The molecule has 9 heteroatoms. The molecule has 1 aromatic rings. The van der Waals surface area contributed by atoms with Crippen LogP contribution >= 0.6 is 24.0 Å². The second-order valence-electron chi connectivity index (χ2n) is 4.75. The van der Waals surface area contributed by atoms with Crippen molar-refractivity contribution in [3.8, 4) is 5.75 Å². The second-order valence-corrected chi connectivity index (χ2v) is 6.43. The molecule has 1 saturated heterocycles. The van der Waals surface area contributed by atoms with Gasteiger partial charge < -0.3 is 15.2 Å². The van der Waals surface area contributed by atoms with Gasteiger partial charge in [0.2, 0.25) is 0 Å². The SMILES string of the molecule is O=C(O)CN1C(=O)C(=Cc2ccc3c(c2)NC(=O)CO3)SC1=S. The van der Waals surface area contributed by atoms with E-state index in [0.29, 0.717) is 21.9 Å². The van der Waals surface area contributed by atoms with Crippen LogP contribution in [0.5, 0.6) is 5.75 Å². The van der Waals surface area contributed by atoms with Crippen LogP contribution in [0.4, 0.5) is 5.69 Å². The number of benzene rings is 1. The van der Waals surface area contributed by atoms with Crippen LogP contribution in [0.25, 0.3) is 6.08 Å². The Morgan fingerprint density at radius 1 is 1.48 bits per heavy atom. The van der Waals surface area contributed by atoms with Crippen LogP contribution in [0, 0.1) is 0 Å². The molecule has 2 heterocycles. The number of amides is 2. The van der Waals surface area contributed by atoms with Crippen LogP contribution in [0.3, 0.4) is 0 Å². The Kier molecular flexibility index (Phi) is 4.05. The first-order valence-corrected chi connectivity index (χ1v) is 7.70. The van der Waals surface area contributed by atoms with E-state index < -0.39 is 18.4 Å². The van der Waals surface area contributed by atoms with Crippen LogP contribution in [0.1, 0.15) is 5.56 Å². The Labute approximate surface area is 140 Å². The molecule has 0 atom stereocenters. The summed E-state index contributed by atoms with van der Waals surface area (Å²) in [6, 6.07) is 5.11. The van der Waals surface area contributed by atoms with Crippen molar-refractivity contribution in [1.82, 2.24) is 4.90 Å². The number of nitrogens with one attached hydrogen (secondary N) is 1. The maximum absolute atomic E-state index is 12.2. The van der Waals surface area contributed by atoms with Crippen LogP contribution < -0.4 is 10.1 Å². The highest BCUT2D eigenvalue weighted by atomic mass is 32.2. The first-order chi connectivity index (χ1) is 10.9. The molecule has 2 amide bonds. The van der Waals surface area contributed by atoms with Gasteiger partial charge in [-0.05, 0) is 23.8 Å². The lowest BCUT2D eigenvalue weighted by molar-refractivity contribution is -0.140. The Bertz CT molecular complexity index is 774. The lowest BCUT2D eigenvalue weighted by Crippen LogP contribution is -2.33. The predicted octanol–water partition coefficient (Wildman–Crippen LogP) is 1.30. The van der Waals surface area contributed by atoms with Crippen molar-refractivity contribution >= 4 is 57.8 Å². The summed E-state index contributed by atoms with van der Waals surface area (Å²) < 4.78 is 5.47. The average molecular weight is 350 g/mol. The predicted molar refractivity (Wildman–Crippen MR) is 88.1 cm³/mol. The smallest absolute Gasteiger partial charge is 0.323 e. The molecule has 2 aliphatic rings. The number of ether oxygens (including phenoxy) is 1. The van der Waals surface area contributed by atoms with Gasteiger partial charge in [0.15, 0.2) is 6.61 Å². The van der Waals surface area contributed by atoms with Gasteiger partial charge in [-0.2, -0.15) is 0 Å². The summed E-state index contributed by atoms with van der Waals surface area (Å²) in [6.07, 6.45) is 1.60. The Morgan fingerprint density at radius 3 is 3.00 bits per heavy atom. The van der Waals surface area contributed by atoms with Gasteiger partial charge in [0.25, 0.3) is 11.8 Å². The molecule has 118 valence electrons. The van der Waals surface area contributed by atoms with Gasteiger partial charge in [0.05, 0.1) is 10.6 Å². The summed E-state index contributed by atoms with van der Waals surface area (Å²) in [6.45, 7) is -0.490. The van der Waals surface area contributed by atoms with Gasteiger partial charge >= 0.3 is 5.97 Å². The number of carbonyl (C=O) groups excluding carboxylic acids is 2. The number of hydrogen-bond acceptors (Lipinski definition) is 6. The van der Waals surface area contributed by atoms with Crippen molar-refractivity contribution in [2.45, 2.75) is 0 Å². The van der Waals surface area contributed by atoms with Crippen molar-refractivity contribution in [1.29, 1.82) is 0 Å². The van der Waals surface area contributed by atoms with Crippen molar-refractivity contribution in [2.75, 3.05) is 18.5 Å². The van der Waals surface area contributed by atoms with E-state index in [9.17, 15) is 14.4 Å². The number of carboxylic acids is 1. The van der Waals surface area contributed by atoms with E-state index in [2.05, 4.69) is 5.32 Å². The molecule has 2 N–H and O–H groups in total. The molecule has 0 aliphatic carbocycles. The minimum Gasteiger partial charge on any atom is -0.482 e. The van der Waals surface area contributed by atoms with Crippen LogP contribution in [-0.2, 0) is 14.4 Å². The summed E-state index contributed by atoms with van der Waals surface area (Å²) in [5.41, 5.74) is 1.20. The fourth-order valence-corrected chi connectivity index (χ4v) is 3.37. The quantitative estimate of drug-likeness (QED) is 0.627. The number of hydrogen-bond donors (Lipinski definition) is 2. The van der Waals surface area contributed by atoms with Gasteiger partial charge in [-0.25, -0.2) is 0 Å². The lowest BCUT2D eigenvalue weighted by atomic mass is 10.1. The van der Waals surface area contributed by atoms with Crippen LogP contribution in [0.2, 0.25) is 0 Å². The Morgan fingerprint density at radius 2 is 2.26 bits per heavy atom. The molecule has 0 radical (unpaired) electrons. The molecule has 7 nitrogen and oxygen atoms in total. The Hall–Kier alpha value is -2.39. The van der Waals surface area contributed by atoms with E-state index in [4.69, 9.17) is 22.1 Å². The fraction of sp³-hybridized carbons (Fsp3) is 0.143. The molecule has 0 spiro atoms. The number of fused-ring (bicyclic) bond motifs is 1. The molecule has 0 unspecified atom stereocenters. The zero-order valence-electron chi connectivity index (χ0n) is 11.6. The van der Waals surface area contributed by atoms with E-state index >= 15 is 0 Å². The standard InChI is InChI=1S/C14H10N2O5S2/c17-11-6-21-9-2-1-7(3-8(9)15-11)4-10-13(20)16(5-12(18)19)14(22)23-10/h1-4H,5-6H2,(H,15,17)(H,18,19). The van der Waals surface area contributed by atoms with E-state index in [1.807, 2.05) is 0 Å². The van der Waals surface area contributed by atoms with Crippen molar-refractivity contribution in [2.24, 2.45) is 0 Å². The number of thioether (sulfide) groups is 1. The molecule has 1 fully saturated rings. The summed E-state index contributed by atoms with van der Waals surface area (Å²) in [5, 5.41) is 11.5. The first kappa shape index (κ1) is 15.5. The first-order valence-electron chi connectivity index (χ1n) is 6.48. The lowest BCUT2D eigenvalue weighted by Gasteiger charge is -2.17. The minimum atomic E-state index is -1.13. The summed E-state index contributed by atoms with van der Waals surface area (Å²) in [4.78, 5) is 35.7. The monoisotopic (exact) mass is 350 g/mol. The van der Waals surface area contributed by atoms with Gasteiger partial charge in [-0.3, -0.25) is 19.3 Å². The van der Waals surface area contributed by atoms with Crippen LogP contribution in [0.15, 0.2) is 23.1 Å². The zero-order chi connectivity index (χ0) is 16.6. The number of nitrogens with zero attached hydrogens (tertiary/aromatic N) is 1. The highest BCUT2D eigenvalue weighted by molar-refractivity contribution is 8.26. The largest absolute Gasteiger partial charge is 0.482 e. The normalized spacial score (nSPS) is 18.7. The van der Waals surface area contributed by atoms with Gasteiger partial charge in [-0.1, -0.05) is 30.0 Å². The van der Waals surface area contributed by atoms with Crippen LogP contribution in [-0.4, -0.2) is 45.3 Å². The number of anilines is 1. The zero-order valence-corrected chi connectivity index (χ0v) is 13.2. The van der Waals surface area contributed by atoms with Gasteiger partial charge in [0, 0.05) is 0 Å². The Balaban J connectivity index is 1.86. The van der Waals surface area contributed by atoms with E-state index in [-0.39, 0.29) is 16.8 Å². The van der Waals surface area contributed by atoms with Crippen molar-refractivity contribution < 1.29 is 24.2 Å². The summed E-state index contributed by atoms with van der Waals surface area (Å²) >= 11 is 6.07. The second kappa shape index (κ2) is 6.01. The van der Waals surface area contributed by atoms with Gasteiger partial charge in [-0.15, -0.1) is 0 Å². The van der Waals surface area contributed by atoms with Crippen molar-refractivity contribution in [3.63, 3.8) is 0 Å². The van der Waals surface area contributed by atoms with Gasteiger partial charge in [0.1, 0.15) is 16.6 Å². The molecule has 0 aromatic heterocycles. The third-order valence-electron chi connectivity index (χ3n) is 3.10. The number of aliphatic carboxylic acids is 1. The minimum absolute atomic E-state index is 0.0276. The summed E-state index contributed by atoms with van der Waals surface area (Å²) in [7, 11) is 0. The number of carboxylic acid groups (broad SMARTS) is 1. The maximum Gasteiger partial charge on any atom is 0.323 e. The maximum atomic E-state index is 12.2. The molecular formula is C14H10N2O5S2.